The zero-order valence-electron chi connectivity index (χ0n) is 8.24. The molecule has 1 fully saturated rings. The number of rotatable bonds is 1. The van der Waals surface area contributed by atoms with E-state index < -0.39 is 0 Å². The van der Waals surface area contributed by atoms with E-state index in [0.29, 0.717) is 0 Å². The highest BCUT2D eigenvalue weighted by atomic mass is 15.4. The van der Waals surface area contributed by atoms with Gasteiger partial charge in [0.1, 0.15) is 12.1 Å². The summed E-state index contributed by atoms with van der Waals surface area (Å²) in [6.45, 7) is 1.85. The van der Waals surface area contributed by atoms with Gasteiger partial charge in [-0.1, -0.05) is 0 Å². The maximum Gasteiger partial charge on any atom is 0.177 e. The van der Waals surface area contributed by atoms with Gasteiger partial charge in [0, 0.05) is 19.1 Å². The summed E-state index contributed by atoms with van der Waals surface area (Å²) in [5.41, 5.74) is 6.62. The van der Waals surface area contributed by atoms with E-state index in [9.17, 15) is 0 Å². The standard InChI is InChI=1S/C9H12N6/c10-7-3-4-14(5-7)9-2-1-8-12-11-6-15(8)13-9/h1-2,6-7H,3-5,10H2. The first-order valence-corrected chi connectivity index (χ1v) is 5.00. The third-order valence-electron chi connectivity index (χ3n) is 2.70. The molecular formula is C9H12N6. The number of aromatic nitrogens is 4. The van der Waals surface area contributed by atoms with Crippen LogP contribution in [0.2, 0.25) is 0 Å². The van der Waals surface area contributed by atoms with Crippen molar-refractivity contribution in [2.24, 2.45) is 5.73 Å². The smallest absolute Gasteiger partial charge is 0.177 e. The first kappa shape index (κ1) is 8.60. The highest BCUT2D eigenvalue weighted by Crippen LogP contribution is 2.16. The van der Waals surface area contributed by atoms with Crippen molar-refractivity contribution in [2.75, 3.05) is 18.0 Å². The summed E-state index contributed by atoms with van der Waals surface area (Å²) in [6.07, 6.45) is 2.64. The minimum Gasteiger partial charge on any atom is -0.354 e. The third kappa shape index (κ3) is 1.42. The number of nitrogens with zero attached hydrogens (tertiary/aromatic N) is 5. The summed E-state index contributed by atoms with van der Waals surface area (Å²) in [5, 5.41) is 12.1. The van der Waals surface area contributed by atoms with Crippen LogP contribution in [0.1, 0.15) is 6.42 Å². The number of anilines is 1. The van der Waals surface area contributed by atoms with Crippen LogP contribution in [0.4, 0.5) is 5.82 Å². The lowest BCUT2D eigenvalue weighted by Gasteiger charge is -2.15. The Kier molecular flexibility index (Phi) is 1.81. The Labute approximate surface area is 86.7 Å². The van der Waals surface area contributed by atoms with Crippen LogP contribution < -0.4 is 10.6 Å². The third-order valence-corrected chi connectivity index (χ3v) is 2.70. The number of nitrogens with two attached hydrogens (primary N) is 1. The number of fused-ring (bicyclic) bond motifs is 1. The fourth-order valence-electron chi connectivity index (χ4n) is 1.88. The maximum absolute atomic E-state index is 5.85. The molecule has 78 valence electrons. The van der Waals surface area contributed by atoms with Crippen LogP contribution in [-0.4, -0.2) is 38.9 Å². The molecule has 0 amide bonds. The molecule has 2 N–H and O–H groups in total. The summed E-state index contributed by atoms with van der Waals surface area (Å²) >= 11 is 0. The van der Waals surface area contributed by atoms with Crippen LogP contribution in [0.5, 0.6) is 0 Å². The Balaban J connectivity index is 1.97. The van der Waals surface area contributed by atoms with Crippen molar-refractivity contribution in [3.8, 4) is 0 Å². The van der Waals surface area contributed by atoms with Gasteiger partial charge in [0.05, 0.1) is 0 Å². The molecule has 0 radical (unpaired) electrons. The van der Waals surface area contributed by atoms with Gasteiger partial charge in [-0.3, -0.25) is 0 Å². The predicted octanol–water partition coefficient (Wildman–Crippen LogP) is -0.338. The lowest BCUT2D eigenvalue weighted by atomic mass is 10.3. The molecule has 15 heavy (non-hydrogen) atoms. The summed E-state index contributed by atoms with van der Waals surface area (Å²) in [6, 6.07) is 4.14. The molecular weight excluding hydrogens is 192 g/mol. The molecule has 0 aromatic carbocycles. The minimum absolute atomic E-state index is 0.267. The lowest BCUT2D eigenvalue weighted by molar-refractivity contribution is 0.750. The van der Waals surface area contributed by atoms with E-state index >= 15 is 0 Å². The zero-order valence-corrected chi connectivity index (χ0v) is 8.24. The van der Waals surface area contributed by atoms with E-state index in [1.165, 1.54) is 0 Å². The van der Waals surface area contributed by atoms with Crippen molar-refractivity contribution < 1.29 is 0 Å². The van der Waals surface area contributed by atoms with Gasteiger partial charge < -0.3 is 10.6 Å². The SMILES string of the molecule is NC1CCN(c2ccc3nncn3n2)C1. The van der Waals surface area contributed by atoms with Crippen LogP contribution in [0, 0.1) is 0 Å². The molecule has 3 heterocycles. The first-order chi connectivity index (χ1) is 7.33. The number of hydrogen-bond donors (Lipinski definition) is 1. The highest BCUT2D eigenvalue weighted by Gasteiger charge is 2.20. The average molecular weight is 204 g/mol. The second-order valence-electron chi connectivity index (χ2n) is 3.82. The summed E-state index contributed by atoms with van der Waals surface area (Å²) < 4.78 is 1.68. The van der Waals surface area contributed by atoms with Gasteiger partial charge >= 0.3 is 0 Å². The zero-order chi connectivity index (χ0) is 10.3. The molecule has 0 aliphatic carbocycles. The maximum atomic E-state index is 5.85. The highest BCUT2D eigenvalue weighted by molar-refractivity contribution is 5.45. The molecule has 6 nitrogen and oxygen atoms in total. The quantitative estimate of drug-likeness (QED) is 0.688. The Morgan fingerprint density at radius 1 is 1.40 bits per heavy atom. The van der Waals surface area contributed by atoms with Gasteiger partial charge in [0.2, 0.25) is 0 Å². The molecule has 1 atom stereocenters. The van der Waals surface area contributed by atoms with E-state index in [4.69, 9.17) is 5.73 Å². The van der Waals surface area contributed by atoms with E-state index in [1.807, 2.05) is 12.1 Å². The molecule has 1 unspecified atom stereocenters. The Morgan fingerprint density at radius 2 is 2.33 bits per heavy atom. The van der Waals surface area contributed by atoms with Gasteiger partial charge in [-0.2, -0.15) is 4.52 Å². The van der Waals surface area contributed by atoms with Gasteiger partial charge in [-0.25, -0.2) is 0 Å². The Bertz CT molecular complexity index is 478. The Morgan fingerprint density at radius 3 is 3.13 bits per heavy atom. The topological polar surface area (TPSA) is 72.3 Å². The van der Waals surface area contributed by atoms with Crippen LogP contribution in [-0.2, 0) is 0 Å². The molecule has 0 bridgehead atoms. The molecule has 1 saturated heterocycles. The van der Waals surface area contributed by atoms with Crippen molar-refractivity contribution in [3.05, 3.63) is 18.5 Å². The van der Waals surface area contributed by atoms with E-state index in [-0.39, 0.29) is 6.04 Å². The van der Waals surface area contributed by atoms with E-state index in [1.54, 1.807) is 10.8 Å². The van der Waals surface area contributed by atoms with Crippen molar-refractivity contribution in [2.45, 2.75) is 12.5 Å². The van der Waals surface area contributed by atoms with Gasteiger partial charge in [-0.15, -0.1) is 15.3 Å². The average Bonchev–Trinajstić information content (AvgIpc) is 2.84. The molecule has 6 heteroatoms. The molecule has 2 aromatic heterocycles. The van der Waals surface area contributed by atoms with Crippen LogP contribution in [0.15, 0.2) is 18.5 Å². The van der Waals surface area contributed by atoms with E-state index in [2.05, 4.69) is 20.2 Å². The fraction of sp³-hybridized carbons (Fsp3) is 0.444. The fourth-order valence-corrected chi connectivity index (χ4v) is 1.88. The summed E-state index contributed by atoms with van der Waals surface area (Å²) in [5.74, 6) is 0.940. The molecule has 1 aliphatic heterocycles. The van der Waals surface area contributed by atoms with Crippen LogP contribution in [0.25, 0.3) is 5.65 Å². The first-order valence-electron chi connectivity index (χ1n) is 5.00. The monoisotopic (exact) mass is 204 g/mol. The summed E-state index contributed by atoms with van der Waals surface area (Å²) in [4.78, 5) is 2.18. The lowest BCUT2D eigenvalue weighted by Crippen LogP contribution is -2.27. The van der Waals surface area contributed by atoms with Crippen molar-refractivity contribution in [1.82, 2.24) is 19.8 Å². The molecule has 1 aliphatic rings. The normalized spacial score (nSPS) is 21.4. The van der Waals surface area contributed by atoms with Crippen LogP contribution >= 0.6 is 0 Å². The second-order valence-corrected chi connectivity index (χ2v) is 3.82. The van der Waals surface area contributed by atoms with Gasteiger partial charge in [-0.05, 0) is 18.6 Å². The van der Waals surface area contributed by atoms with Crippen molar-refractivity contribution >= 4 is 11.5 Å². The van der Waals surface area contributed by atoms with Crippen molar-refractivity contribution in [3.63, 3.8) is 0 Å². The Hall–Kier alpha value is -1.69. The van der Waals surface area contributed by atoms with Crippen molar-refractivity contribution in [1.29, 1.82) is 0 Å². The molecule has 3 rings (SSSR count). The second kappa shape index (κ2) is 3.16. The molecule has 0 spiro atoms. The van der Waals surface area contributed by atoms with Crippen LogP contribution in [0.3, 0.4) is 0 Å². The molecule has 2 aromatic rings. The minimum atomic E-state index is 0.267. The predicted molar refractivity (Wildman–Crippen MR) is 55.6 cm³/mol. The number of hydrogen-bond acceptors (Lipinski definition) is 5. The molecule has 0 saturated carbocycles. The summed E-state index contributed by atoms with van der Waals surface area (Å²) in [7, 11) is 0. The van der Waals surface area contributed by atoms with E-state index in [0.717, 1.165) is 31.0 Å². The largest absolute Gasteiger partial charge is 0.354 e. The van der Waals surface area contributed by atoms with Gasteiger partial charge in [0.15, 0.2) is 5.65 Å². The van der Waals surface area contributed by atoms with Gasteiger partial charge in [0.25, 0.3) is 0 Å².